The third kappa shape index (κ3) is 3.96. The van der Waals surface area contributed by atoms with Crippen LogP contribution in [0.3, 0.4) is 0 Å². The molecule has 9 heteroatoms. The lowest BCUT2D eigenvalue weighted by molar-refractivity contribution is -0.158. The van der Waals surface area contributed by atoms with Gasteiger partial charge in [-0.2, -0.15) is 0 Å². The summed E-state index contributed by atoms with van der Waals surface area (Å²) >= 11 is 5.70. The minimum Gasteiger partial charge on any atom is -0.479 e. The van der Waals surface area contributed by atoms with Crippen LogP contribution in [-0.2, 0) is 24.2 Å². The Kier molecular flexibility index (Phi) is 5.05. The summed E-state index contributed by atoms with van der Waals surface area (Å²) in [6, 6.07) is 5.50. The summed E-state index contributed by atoms with van der Waals surface area (Å²) in [6.45, 7) is 0.0623. The maximum atomic E-state index is 12.2. The Hall–Kier alpha value is -1.64. The second-order valence-corrected chi connectivity index (χ2v) is 7.18. The van der Waals surface area contributed by atoms with E-state index in [1.807, 2.05) is 0 Å². The van der Waals surface area contributed by atoms with E-state index in [0.717, 1.165) is 0 Å². The van der Waals surface area contributed by atoms with Gasteiger partial charge >= 0.3 is 5.97 Å². The number of hydrogen-bond acceptors (Lipinski definition) is 5. The Morgan fingerprint density at radius 2 is 1.95 bits per heavy atom. The molecular weight excluding hydrogens is 334 g/mol. The predicted octanol–water partition coefficient (Wildman–Crippen LogP) is 0.426. The molecule has 1 N–H and O–H groups in total. The van der Waals surface area contributed by atoms with Crippen molar-refractivity contribution in [2.45, 2.75) is 11.0 Å². The van der Waals surface area contributed by atoms with Crippen molar-refractivity contribution in [1.82, 2.24) is 4.90 Å². The van der Waals surface area contributed by atoms with E-state index in [4.69, 9.17) is 21.4 Å². The molecule has 0 radical (unpaired) electrons. The molecule has 22 heavy (non-hydrogen) atoms. The highest BCUT2D eigenvalue weighted by molar-refractivity contribution is 7.92. The molecule has 2 rings (SSSR count). The van der Waals surface area contributed by atoms with Crippen molar-refractivity contribution >= 4 is 33.3 Å². The van der Waals surface area contributed by atoms with E-state index in [2.05, 4.69) is 0 Å². The van der Waals surface area contributed by atoms with Gasteiger partial charge in [-0.15, -0.1) is 0 Å². The number of sulfone groups is 1. The fourth-order valence-electron chi connectivity index (χ4n) is 2.00. The Labute approximate surface area is 132 Å². The standard InChI is InChI=1S/C13H14ClNO6S/c14-9-1-3-10(4-2-9)22(19,20)8-12(16)15-5-6-21-11(7-15)13(17)18/h1-4,11H,5-8H2,(H,17,18)/t11-/m1/s1. The van der Waals surface area contributed by atoms with Crippen LogP contribution in [0.25, 0.3) is 0 Å². The van der Waals surface area contributed by atoms with Crippen molar-refractivity contribution in [3.8, 4) is 0 Å². The van der Waals surface area contributed by atoms with Gasteiger partial charge in [-0.25, -0.2) is 13.2 Å². The molecule has 1 aliphatic heterocycles. The van der Waals surface area contributed by atoms with Crippen LogP contribution in [0.1, 0.15) is 0 Å². The smallest absolute Gasteiger partial charge is 0.334 e. The molecule has 1 aromatic carbocycles. The summed E-state index contributed by atoms with van der Waals surface area (Å²) in [5, 5.41) is 9.27. The number of benzene rings is 1. The summed E-state index contributed by atoms with van der Waals surface area (Å²) < 4.78 is 29.3. The SMILES string of the molecule is O=C(O)[C@H]1CN(C(=O)CS(=O)(=O)c2ccc(Cl)cc2)CCO1. The lowest BCUT2D eigenvalue weighted by atomic mass is 10.3. The van der Waals surface area contributed by atoms with Crippen LogP contribution >= 0.6 is 11.6 Å². The molecule has 1 atom stereocenters. The van der Waals surface area contributed by atoms with E-state index in [1.165, 1.54) is 29.2 Å². The van der Waals surface area contributed by atoms with E-state index in [1.54, 1.807) is 0 Å². The van der Waals surface area contributed by atoms with Gasteiger partial charge in [0, 0.05) is 11.6 Å². The average Bonchev–Trinajstić information content (AvgIpc) is 2.47. The number of halogens is 1. The lowest BCUT2D eigenvalue weighted by Gasteiger charge is -2.30. The van der Waals surface area contributed by atoms with E-state index >= 15 is 0 Å². The second-order valence-electron chi connectivity index (χ2n) is 4.75. The van der Waals surface area contributed by atoms with Gasteiger partial charge in [0.1, 0.15) is 5.75 Å². The van der Waals surface area contributed by atoms with Crippen molar-refractivity contribution < 1.29 is 27.9 Å². The minimum atomic E-state index is -3.80. The fourth-order valence-corrected chi connectivity index (χ4v) is 3.36. The summed E-state index contributed by atoms with van der Waals surface area (Å²) in [7, 11) is -3.80. The maximum Gasteiger partial charge on any atom is 0.334 e. The molecule has 1 amide bonds. The van der Waals surface area contributed by atoms with Crippen LogP contribution in [-0.4, -0.2) is 61.9 Å². The molecule has 0 aromatic heterocycles. The number of hydrogen-bond donors (Lipinski definition) is 1. The number of rotatable bonds is 4. The third-order valence-electron chi connectivity index (χ3n) is 3.18. The molecule has 0 unspecified atom stereocenters. The highest BCUT2D eigenvalue weighted by atomic mass is 35.5. The van der Waals surface area contributed by atoms with E-state index in [0.29, 0.717) is 5.02 Å². The Bertz CT molecular complexity index is 672. The number of carbonyl (C=O) groups excluding carboxylic acids is 1. The average molecular weight is 348 g/mol. The van der Waals surface area contributed by atoms with Crippen LogP contribution in [0.4, 0.5) is 0 Å². The van der Waals surface area contributed by atoms with Crippen LogP contribution in [0.15, 0.2) is 29.2 Å². The van der Waals surface area contributed by atoms with Gasteiger partial charge in [0.25, 0.3) is 0 Å². The minimum absolute atomic E-state index is 0.00621. The molecule has 0 bridgehead atoms. The van der Waals surface area contributed by atoms with Crippen molar-refractivity contribution in [1.29, 1.82) is 0 Å². The van der Waals surface area contributed by atoms with Crippen LogP contribution < -0.4 is 0 Å². The molecule has 1 fully saturated rings. The van der Waals surface area contributed by atoms with Crippen molar-refractivity contribution in [3.05, 3.63) is 29.3 Å². The Balaban J connectivity index is 2.07. The van der Waals surface area contributed by atoms with Crippen LogP contribution in [0.2, 0.25) is 5.02 Å². The highest BCUT2D eigenvalue weighted by Gasteiger charge is 2.31. The predicted molar refractivity (Wildman–Crippen MR) is 77.5 cm³/mol. The van der Waals surface area contributed by atoms with Gasteiger partial charge in [-0.1, -0.05) is 11.6 Å². The van der Waals surface area contributed by atoms with Gasteiger partial charge < -0.3 is 14.7 Å². The molecule has 1 aliphatic rings. The van der Waals surface area contributed by atoms with Gasteiger partial charge in [-0.05, 0) is 24.3 Å². The monoisotopic (exact) mass is 347 g/mol. The van der Waals surface area contributed by atoms with Crippen molar-refractivity contribution in [2.24, 2.45) is 0 Å². The Morgan fingerprint density at radius 3 is 2.55 bits per heavy atom. The zero-order valence-corrected chi connectivity index (χ0v) is 13.0. The molecular formula is C13H14ClNO6S. The third-order valence-corrected chi connectivity index (χ3v) is 5.05. The first-order chi connectivity index (χ1) is 10.3. The molecule has 1 aromatic rings. The maximum absolute atomic E-state index is 12.2. The number of nitrogens with zero attached hydrogens (tertiary/aromatic N) is 1. The van der Waals surface area contributed by atoms with Gasteiger partial charge in [0.05, 0.1) is 18.0 Å². The van der Waals surface area contributed by atoms with Gasteiger partial charge in [0.2, 0.25) is 5.91 Å². The van der Waals surface area contributed by atoms with Gasteiger partial charge in [-0.3, -0.25) is 4.79 Å². The second kappa shape index (κ2) is 6.64. The number of morpholine rings is 1. The number of amides is 1. The number of carboxylic acids is 1. The summed E-state index contributed by atoms with van der Waals surface area (Å²) in [5.74, 6) is -2.55. The molecule has 0 aliphatic carbocycles. The first-order valence-electron chi connectivity index (χ1n) is 6.40. The zero-order chi connectivity index (χ0) is 16.3. The van der Waals surface area contributed by atoms with Crippen LogP contribution in [0.5, 0.6) is 0 Å². The number of carboxylic acid groups (broad SMARTS) is 1. The van der Waals surface area contributed by atoms with Gasteiger partial charge in [0.15, 0.2) is 15.9 Å². The van der Waals surface area contributed by atoms with Crippen molar-refractivity contribution in [2.75, 3.05) is 25.4 Å². The lowest BCUT2D eigenvalue weighted by Crippen LogP contribution is -2.50. The number of ether oxygens (including phenoxy) is 1. The highest BCUT2D eigenvalue weighted by Crippen LogP contribution is 2.16. The van der Waals surface area contributed by atoms with Crippen molar-refractivity contribution in [3.63, 3.8) is 0 Å². The van der Waals surface area contributed by atoms with E-state index < -0.39 is 33.6 Å². The quantitative estimate of drug-likeness (QED) is 0.847. The number of aliphatic carboxylic acids is 1. The summed E-state index contributed by atoms with van der Waals surface area (Å²) in [6.07, 6.45) is -1.13. The normalized spacial score (nSPS) is 19.0. The zero-order valence-electron chi connectivity index (χ0n) is 11.4. The fraction of sp³-hybridized carbons (Fsp3) is 0.385. The first kappa shape index (κ1) is 16.7. The van der Waals surface area contributed by atoms with E-state index in [-0.39, 0.29) is 24.6 Å². The molecule has 0 spiro atoms. The molecule has 0 saturated carbocycles. The first-order valence-corrected chi connectivity index (χ1v) is 8.43. The largest absolute Gasteiger partial charge is 0.479 e. The van der Waals surface area contributed by atoms with E-state index in [9.17, 15) is 18.0 Å². The molecule has 1 saturated heterocycles. The summed E-state index contributed by atoms with van der Waals surface area (Å²) in [4.78, 5) is 24.1. The molecule has 1 heterocycles. The van der Waals surface area contributed by atoms with Crippen LogP contribution in [0, 0.1) is 0 Å². The topological polar surface area (TPSA) is 101 Å². The summed E-state index contributed by atoms with van der Waals surface area (Å²) in [5.41, 5.74) is 0. The number of carbonyl (C=O) groups is 2. The Morgan fingerprint density at radius 1 is 1.32 bits per heavy atom. The molecule has 7 nitrogen and oxygen atoms in total. The molecule has 120 valence electrons.